The van der Waals surface area contributed by atoms with Gasteiger partial charge >= 0.3 is 13.5 Å². The van der Waals surface area contributed by atoms with Crippen molar-refractivity contribution in [1.82, 2.24) is 5.32 Å². The van der Waals surface area contributed by atoms with Crippen LogP contribution in [0.3, 0.4) is 0 Å². The molecule has 5 nitrogen and oxygen atoms in total. The van der Waals surface area contributed by atoms with Gasteiger partial charge in [-0.2, -0.15) is 0 Å². The first-order chi connectivity index (χ1) is 5.33. The maximum absolute atomic E-state index is 10.8. The summed E-state index contributed by atoms with van der Waals surface area (Å²) in [7, 11) is -3.98. The van der Waals surface area contributed by atoms with E-state index in [2.05, 4.69) is 5.32 Å². The van der Waals surface area contributed by atoms with Gasteiger partial charge in [0.25, 0.3) is 0 Å². The topological polar surface area (TPSA) is 86.6 Å². The minimum absolute atomic E-state index is 0.00823. The Bertz CT molecular complexity index is 198. The van der Waals surface area contributed by atoms with Gasteiger partial charge in [-0.1, -0.05) is 0 Å². The van der Waals surface area contributed by atoms with Gasteiger partial charge in [-0.25, -0.2) is 4.79 Å². The highest BCUT2D eigenvalue weighted by molar-refractivity contribution is 7.51. The van der Waals surface area contributed by atoms with Crippen LogP contribution in [0, 0.1) is 5.92 Å². The lowest BCUT2D eigenvalue weighted by molar-refractivity contribution is -0.119. The smallest absolute Gasteiger partial charge is 0.324 e. The molecule has 0 rings (SSSR count). The van der Waals surface area contributed by atoms with Crippen LogP contribution in [-0.4, -0.2) is 28.4 Å². The molecule has 0 aromatic heterocycles. The molecule has 1 amide bonds. The molecule has 0 saturated heterocycles. The van der Waals surface area contributed by atoms with Gasteiger partial charge in [0.2, 0.25) is 0 Å². The van der Waals surface area contributed by atoms with Crippen molar-refractivity contribution in [2.24, 2.45) is 0 Å². The third-order valence-corrected chi connectivity index (χ3v) is 1.95. The molecule has 3 N–H and O–H groups in total. The Labute approximate surface area is 71.3 Å². The van der Waals surface area contributed by atoms with Crippen LogP contribution in [0.4, 0.5) is 0 Å². The molecule has 0 aliphatic rings. The van der Waals surface area contributed by atoms with Gasteiger partial charge in [-0.3, -0.25) is 4.57 Å². The zero-order valence-corrected chi connectivity index (χ0v) is 7.97. The Hall–Kier alpha value is -0.510. The summed E-state index contributed by atoms with van der Waals surface area (Å²) in [6.07, 6.45) is -0.313. The second-order valence-corrected chi connectivity index (χ2v) is 4.42. The molecule has 6 heteroatoms. The Morgan fingerprint density at radius 2 is 2.00 bits per heavy atom. The number of hydrogen-bond acceptors (Lipinski definition) is 2. The van der Waals surface area contributed by atoms with E-state index in [1.54, 1.807) is 13.8 Å². The zero-order valence-electron chi connectivity index (χ0n) is 7.07. The lowest BCUT2D eigenvalue weighted by Gasteiger charge is -2.02. The van der Waals surface area contributed by atoms with E-state index >= 15 is 0 Å². The molecule has 0 radical (unpaired) electrons. The first-order valence-corrected chi connectivity index (χ1v) is 5.25. The zero-order chi connectivity index (χ0) is 9.78. The Balaban J connectivity index is 3.58. The van der Waals surface area contributed by atoms with Crippen LogP contribution in [0.15, 0.2) is 0 Å². The standard InChI is InChI=1S/C6H12NO4P/c1-5(2)6(8)7-3-4-12(9,10)11/h3-4H2,1-2H3,(H2-,7,8,9,10,11)/p+1. The van der Waals surface area contributed by atoms with Crippen LogP contribution in [0.5, 0.6) is 0 Å². The van der Waals surface area contributed by atoms with Gasteiger partial charge in [0.1, 0.15) is 0 Å². The van der Waals surface area contributed by atoms with E-state index < -0.39 is 7.60 Å². The third kappa shape index (κ3) is 6.22. The van der Waals surface area contributed by atoms with E-state index in [1.165, 1.54) is 0 Å². The monoisotopic (exact) mass is 194 g/mol. The molecular weight excluding hydrogens is 181 g/mol. The van der Waals surface area contributed by atoms with Crippen LogP contribution in [-0.2, 0) is 9.36 Å². The maximum Gasteiger partial charge on any atom is 0.403 e. The predicted molar refractivity (Wildman–Crippen MR) is 44.5 cm³/mol. The van der Waals surface area contributed by atoms with Gasteiger partial charge in [-0.15, -0.1) is 0 Å². The van der Waals surface area contributed by atoms with E-state index in [-0.39, 0.29) is 18.6 Å². The van der Waals surface area contributed by atoms with E-state index in [9.17, 15) is 9.36 Å². The fourth-order valence-electron chi connectivity index (χ4n) is 0.492. The van der Waals surface area contributed by atoms with Gasteiger partial charge in [0, 0.05) is 6.54 Å². The molecule has 70 valence electrons. The number of nitrogens with one attached hydrogen (secondary N) is 1. The predicted octanol–water partition coefficient (Wildman–Crippen LogP) is -0.105. The summed E-state index contributed by atoms with van der Waals surface area (Å²) < 4.78 is 10.3. The van der Waals surface area contributed by atoms with Crippen LogP contribution in [0.25, 0.3) is 0 Å². The Morgan fingerprint density at radius 3 is 2.33 bits per heavy atom. The van der Waals surface area contributed by atoms with Crippen LogP contribution >= 0.6 is 7.60 Å². The molecular formula is C6H13NO4P+. The number of hydrogen-bond donors (Lipinski definition) is 3. The van der Waals surface area contributed by atoms with Gasteiger partial charge in [0.05, 0.1) is 20.0 Å². The molecule has 0 saturated carbocycles. The van der Waals surface area contributed by atoms with Crippen LogP contribution in [0.2, 0.25) is 0 Å². The van der Waals surface area contributed by atoms with Crippen molar-refractivity contribution >= 4 is 13.5 Å². The van der Waals surface area contributed by atoms with Crippen molar-refractivity contribution < 1.29 is 19.1 Å². The molecule has 0 atom stereocenters. The van der Waals surface area contributed by atoms with E-state index in [0.717, 1.165) is 0 Å². The minimum Gasteiger partial charge on any atom is -0.324 e. The highest BCUT2D eigenvalue weighted by Crippen LogP contribution is 2.32. The van der Waals surface area contributed by atoms with E-state index in [1.807, 2.05) is 0 Å². The molecule has 0 aromatic carbocycles. The molecule has 0 unspecified atom stereocenters. The molecule has 0 aliphatic heterocycles. The molecule has 0 aliphatic carbocycles. The first-order valence-electron chi connectivity index (χ1n) is 3.46. The Kier molecular flexibility index (Phi) is 4.31. The van der Waals surface area contributed by atoms with Crippen molar-refractivity contribution in [2.75, 3.05) is 12.7 Å². The van der Waals surface area contributed by atoms with Crippen molar-refractivity contribution in [3.05, 3.63) is 5.92 Å². The summed E-state index contributed by atoms with van der Waals surface area (Å²) in [5, 5.41) is 2.37. The largest absolute Gasteiger partial charge is 0.403 e. The maximum atomic E-state index is 10.8. The second kappa shape index (κ2) is 4.50. The van der Waals surface area contributed by atoms with Crippen molar-refractivity contribution in [3.63, 3.8) is 0 Å². The summed E-state index contributed by atoms with van der Waals surface area (Å²) in [4.78, 5) is 27.7. The quantitative estimate of drug-likeness (QED) is 0.430. The minimum atomic E-state index is -3.98. The van der Waals surface area contributed by atoms with E-state index in [4.69, 9.17) is 9.79 Å². The van der Waals surface area contributed by atoms with E-state index in [0.29, 0.717) is 5.92 Å². The number of carbonyl (C=O) groups is 1. The van der Waals surface area contributed by atoms with Crippen molar-refractivity contribution in [1.29, 1.82) is 0 Å². The van der Waals surface area contributed by atoms with Crippen molar-refractivity contribution in [3.8, 4) is 0 Å². The second-order valence-electron chi connectivity index (χ2n) is 2.64. The molecule has 12 heavy (non-hydrogen) atoms. The number of rotatable bonds is 4. The highest BCUT2D eigenvalue weighted by Gasteiger charge is 2.19. The Morgan fingerprint density at radius 1 is 1.50 bits per heavy atom. The van der Waals surface area contributed by atoms with Gasteiger partial charge in [-0.05, 0) is 0 Å². The van der Waals surface area contributed by atoms with Gasteiger partial charge < -0.3 is 15.1 Å². The average molecular weight is 194 g/mol. The van der Waals surface area contributed by atoms with Crippen molar-refractivity contribution in [2.45, 2.75) is 13.8 Å². The lowest BCUT2D eigenvalue weighted by atomic mass is 10.2. The molecule has 0 fully saturated rings. The SMILES string of the molecule is C[C+](C)C(=O)NCCP(=O)(O)O. The first kappa shape index (κ1) is 11.5. The number of carbonyl (C=O) groups excluding carboxylic acids is 1. The van der Waals surface area contributed by atoms with Gasteiger partial charge in [0.15, 0.2) is 5.92 Å². The number of amides is 1. The summed E-state index contributed by atoms with van der Waals surface area (Å²) in [5.74, 6) is 0.296. The summed E-state index contributed by atoms with van der Waals surface area (Å²) in [5.41, 5.74) is 0. The fraction of sp³-hybridized carbons (Fsp3) is 0.667. The molecule has 0 bridgehead atoms. The third-order valence-electron chi connectivity index (χ3n) is 1.14. The fourth-order valence-corrected chi connectivity index (χ4v) is 0.895. The average Bonchev–Trinajstić information content (AvgIpc) is 1.84. The normalized spacial score (nSPS) is 11.0. The summed E-state index contributed by atoms with van der Waals surface area (Å²) >= 11 is 0. The lowest BCUT2D eigenvalue weighted by Crippen LogP contribution is -2.29. The summed E-state index contributed by atoms with van der Waals surface area (Å²) in [6.45, 7) is 3.27. The molecule has 0 heterocycles. The molecule has 0 aromatic rings. The highest BCUT2D eigenvalue weighted by atomic mass is 31.2. The van der Waals surface area contributed by atoms with Crippen LogP contribution in [0.1, 0.15) is 13.8 Å². The molecule has 0 spiro atoms. The van der Waals surface area contributed by atoms with Crippen LogP contribution < -0.4 is 5.32 Å². The summed E-state index contributed by atoms with van der Waals surface area (Å²) in [6, 6.07) is 0.